The van der Waals surface area contributed by atoms with Crippen molar-refractivity contribution in [3.63, 3.8) is 0 Å². The number of cyclic esters (lactones) is 1. The molecule has 0 aromatic rings. The van der Waals surface area contributed by atoms with Crippen LogP contribution >= 0.6 is 0 Å². The Morgan fingerprint density at radius 2 is 1.90 bits per heavy atom. The average molecular weight is 539 g/mol. The van der Waals surface area contributed by atoms with E-state index in [2.05, 4.69) is 26.8 Å². The summed E-state index contributed by atoms with van der Waals surface area (Å²) in [4.78, 5) is 37.2. The summed E-state index contributed by atoms with van der Waals surface area (Å²) in [7, 11) is 0. The van der Waals surface area contributed by atoms with E-state index in [1.807, 2.05) is 6.08 Å². The second-order valence-corrected chi connectivity index (χ2v) is 13.2. The first-order valence-electron chi connectivity index (χ1n) is 14.3. The summed E-state index contributed by atoms with van der Waals surface area (Å²) in [5.74, 6) is -0.790. The predicted octanol–water partition coefficient (Wildman–Crippen LogP) is 5.28. The number of rotatable bonds is 4. The van der Waals surface area contributed by atoms with E-state index in [0.717, 1.165) is 18.4 Å². The van der Waals surface area contributed by atoms with E-state index in [-0.39, 0.29) is 41.4 Å². The first-order valence-corrected chi connectivity index (χ1v) is 14.3. The Labute approximate surface area is 231 Å². The smallest absolute Gasteiger partial charge is 0.333 e. The molecule has 2 heterocycles. The lowest BCUT2D eigenvalue weighted by atomic mass is 9.52. The van der Waals surface area contributed by atoms with Crippen LogP contribution in [0.2, 0.25) is 0 Å². The number of allylic oxidation sites excluding steroid dienone is 2. The summed E-state index contributed by atoms with van der Waals surface area (Å²) >= 11 is 0. The molecule has 1 fully saturated rings. The van der Waals surface area contributed by atoms with Gasteiger partial charge in [0.1, 0.15) is 17.8 Å². The minimum Gasteiger partial charge on any atom is -0.462 e. The van der Waals surface area contributed by atoms with Crippen LogP contribution in [0.1, 0.15) is 87.0 Å². The SMILES string of the molecule is CC(=O)O[C@@H]1C[C@H]([C@H](C)[C@@H]2CC=C(C)C(=O)O2)[C@@]2(C)CCC3=C(CC[C@]4(C(C)(C)O)OC(=O)C=CC4=C3)[C@]12C. The third-order valence-electron chi connectivity index (χ3n) is 11.0. The summed E-state index contributed by atoms with van der Waals surface area (Å²) in [5, 5.41) is 11.3. The number of fused-ring (bicyclic) bond motifs is 3. The minimum absolute atomic E-state index is 0.0728. The van der Waals surface area contributed by atoms with Crippen molar-refractivity contribution in [3.8, 4) is 0 Å². The molecular weight excluding hydrogens is 496 g/mol. The van der Waals surface area contributed by atoms with Crippen molar-refractivity contribution >= 4 is 17.9 Å². The van der Waals surface area contributed by atoms with E-state index in [0.29, 0.717) is 31.3 Å². The normalized spacial score (nSPS) is 38.8. The van der Waals surface area contributed by atoms with Gasteiger partial charge in [0.25, 0.3) is 0 Å². The maximum absolute atomic E-state index is 12.4. The van der Waals surface area contributed by atoms with E-state index < -0.39 is 22.6 Å². The van der Waals surface area contributed by atoms with Gasteiger partial charge < -0.3 is 19.3 Å². The monoisotopic (exact) mass is 538 g/mol. The molecule has 3 aliphatic carbocycles. The third-order valence-corrected chi connectivity index (χ3v) is 11.0. The number of esters is 3. The van der Waals surface area contributed by atoms with Gasteiger partial charge in [0, 0.05) is 30.4 Å². The first-order chi connectivity index (χ1) is 18.1. The second kappa shape index (κ2) is 9.18. The van der Waals surface area contributed by atoms with Gasteiger partial charge in [-0.05, 0) is 87.3 Å². The molecule has 7 nitrogen and oxygen atoms in total. The molecular formula is C32H42O7. The van der Waals surface area contributed by atoms with E-state index in [9.17, 15) is 19.5 Å². The molecule has 1 N–H and O–H groups in total. The van der Waals surface area contributed by atoms with Gasteiger partial charge in [0.05, 0.1) is 0 Å². The molecule has 2 aliphatic heterocycles. The third kappa shape index (κ3) is 4.06. The lowest BCUT2D eigenvalue weighted by molar-refractivity contribution is -0.177. The summed E-state index contributed by atoms with van der Waals surface area (Å²) in [6.45, 7) is 13.3. The van der Waals surface area contributed by atoms with Crippen LogP contribution in [0.15, 0.2) is 46.6 Å². The predicted molar refractivity (Wildman–Crippen MR) is 145 cm³/mol. The largest absolute Gasteiger partial charge is 0.462 e. The number of hydrogen-bond donors (Lipinski definition) is 1. The van der Waals surface area contributed by atoms with Gasteiger partial charge in [-0.3, -0.25) is 4.79 Å². The molecule has 5 aliphatic rings. The zero-order valence-corrected chi connectivity index (χ0v) is 24.3. The molecule has 212 valence electrons. The molecule has 1 saturated carbocycles. The first kappa shape index (κ1) is 27.9. The molecule has 0 bridgehead atoms. The maximum Gasteiger partial charge on any atom is 0.333 e. The number of ether oxygens (including phenoxy) is 3. The van der Waals surface area contributed by atoms with Crippen LogP contribution in [0.25, 0.3) is 0 Å². The Morgan fingerprint density at radius 3 is 2.54 bits per heavy atom. The topological polar surface area (TPSA) is 99.1 Å². The molecule has 0 aromatic carbocycles. The van der Waals surface area contributed by atoms with Gasteiger partial charge in [-0.2, -0.15) is 0 Å². The van der Waals surface area contributed by atoms with Gasteiger partial charge in [-0.15, -0.1) is 0 Å². The van der Waals surface area contributed by atoms with Crippen molar-refractivity contribution < 1.29 is 33.7 Å². The van der Waals surface area contributed by atoms with Crippen molar-refractivity contribution in [2.24, 2.45) is 22.7 Å². The highest BCUT2D eigenvalue weighted by Crippen LogP contribution is 2.69. The second-order valence-electron chi connectivity index (χ2n) is 13.2. The van der Waals surface area contributed by atoms with Gasteiger partial charge in [0.15, 0.2) is 5.60 Å². The van der Waals surface area contributed by atoms with Gasteiger partial charge >= 0.3 is 17.9 Å². The van der Waals surface area contributed by atoms with Crippen molar-refractivity contribution in [1.29, 1.82) is 0 Å². The lowest BCUT2D eigenvalue weighted by Crippen LogP contribution is -2.55. The van der Waals surface area contributed by atoms with Crippen molar-refractivity contribution in [1.82, 2.24) is 0 Å². The zero-order valence-electron chi connectivity index (χ0n) is 24.3. The molecule has 5 rings (SSSR count). The van der Waals surface area contributed by atoms with Crippen LogP contribution in [-0.2, 0) is 28.6 Å². The number of carbonyl (C=O) groups excluding carboxylic acids is 3. The molecule has 0 amide bonds. The fourth-order valence-electron chi connectivity index (χ4n) is 8.51. The Morgan fingerprint density at radius 1 is 1.18 bits per heavy atom. The highest BCUT2D eigenvalue weighted by Gasteiger charge is 2.66. The van der Waals surface area contributed by atoms with Crippen molar-refractivity contribution in [2.45, 2.75) is 110 Å². The Balaban J connectivity index is 1.58. The summed E-state index contributed by atoms with van der Waals surface area (Å²) in [5.41, 5.74) is 0.674. The summed E-state index contributed by atoms with van der Waals surface area (Å²) < 4.78 is 17.9. The van der Waals surface area contributed by atoms with Crippen molar-refractivity contribution in [2.75, 3.05) is 0 Å². The highest BCUT2D eigenvalue weighted by atomic mass is 16.6. The molecule has 0 saturated heterocycles. The van der Waals surface area contributed by atoms with Gasteiger partial charge in [-0.1, -0.05) is 38.5 Å². The molecule has 0 unspecified atom stereocenters. The lowest BCUT2D eigenvalue weighted by Gasteiger charge is -2.53. The molecule has 7 heteroatoms. The van der Waals surface area contributed by atoms with E-state index in [1.165, 1.54) is 24.1 Å². The van der Waals surface area contributed by atoms with Crippen LogP contribution in [0.4, 0.5) is 0 Å². The highest BCUT2D eigenvalue weighted by molar-refractivity contribution is 5.88. The summed E-state index contributed by atoms with van der Waals surface area (Å²) in [6, 6.07) is 0. The Kier molecular flexibility index (Phi) is 6.57. The molecule has 0 radical (unpaired) electrons. The van der Waals surface area contributed by atoms with Crippen LogP contribution < -0.4 is 0 Å². The van der Waals surface area contributed by atoms with Crippen LogP contribution in [0.3, 0.4) is 0 Å². The number of carbonyl (C=O) groups is 3. The van der Waals surface area contributed by atoms with Gasteiger partial charge in [-0.25, -0.2) is 9.59 Å². The fourth-order valence-corrected chi connectivity index (χ4v) is 8.51. The Bertz CT molecular complexity index is 1230. The van der Waals surface area contributed by atoms with E-state index in [1.54, 1.807) is 26.8 Å². The molecule has 0 spiro atoms. The number of aliphatic hydroxyl groups is 1. The van der Waals surface area contributed by atoms with Crippen LogP contribution in [-0.4, -0.2) is 46.4 Å². The van der Waals surface area contributed by atoms with E-state index in [4.69, 9.17) is 14.2 Å². The molecule has 39 heavy (non-hydrogen) atoms. The minimum atomic E-state index is -1.30. The van der Waals surface area contributed by atoms with Crippen LogP contribution in [0.5, 0.6) is 0 Å². The maximum atomic E-state index is 12.4. The van der Waals surface area contributed by atoms with Crippen molar-refractivity contribution in [3.05, 3.63) is 46.6 Å². The Hall–Kier alpha value is -2.67. The zero-order chi connectivity index (χ0) is 28.5. The molecule has 0 aromatic heterocycles. The fraction of sp³-hybridized carbons (Fsp3) is 0.656. The van der Waals surface area contributed by atoms with Crippen LogP contribution in [0, 0.1) is 22.7 Å². The standard InChI is InChI=1S/C32H42O7/c1-18-8-10-25(38-28(18)35)19(2)24-17-26(37-20(3)33)31(7)23-13-15-32(29(4,5)36)22(9-11-27(34)39-32)16-21(23)12-14-30(24,31)6/h8-9,11,16,19,24-26,36H,10,12-15,17H2,1-7H3/t19-,24+,25-,26+,30+,31+,32-/m0/s1. The van der Waals surface area contributed by atoms with E-state index >= 15 is 0 Å². The number of hydrogen-bond acceptors (Lipinski definition) is 7. The molecule has 7 atom stereocenters. The van der Waals surface area contributed by atoms with Gasteiger partial charge in [0.2, 0.25) is 0 Å². The average Bonchev–Trinajstić information content (AvgIpc) is 2.97. The quantitative estimate of drug-likeness (QED) is 0.384. The summed E-state index contributed by atoms with van der Waals surface area (Å²) in [6.07, 6.45) is 10.8.